The molecule has 0 bridgehead atoms. The van der Waals surface area contributed by atoms with Gasteiger partial charge in [0.2, 0.25) is 5.82 Å². The second-order valence-corrected chi connectivity index (χ2v) is 2.89. The molecule has 2 aromatic rings. The van der Waals surface area contributed by atoms with Gasteiger partial charge in [0.1, 0.15) is 0 Å². The van der Waals surface area contributed by atoms with Gasteiger partial charge in [0.25, 0.3) is 0 Å². The molecule has 0 atom stereocenters. The number of nitro groups is 1. The lowest BCUT2D eigenvalue weighted by Crippen LogP contribution is -1.94. The van der Waals surface area contributed by atoms with Gasteiger partial charge in [0.15, 0.2) is 0 Å². The number of nitrogens with zero attached hydrogens (tertiary/aromatic N) is 3. The highest BCUT2D eigenvalue weighted by molar-refractivity contribution is 5.81. The van der Waals surface area contributed by atoms with Crippen molar-refractivity contribution in [3.8, 4) is 0 Å². The smallest absolute Gasteiger partial charge is 0.268 e. The molecule has 1 heterocycles. The molecule has 6 heteroatoms. The van der Waals surface area contributed by atoms with Gasteiger partial charge in [-0.05, 0) is 0 Å². The van der Waals surface area contributed by atoms with Gasteiger partial charge in [0, 0.05) is 24.6 Å². The highest BCUT2D eigenvalue weighted by atomic mass is 19.1. The zero-order chi connectivity index (χ0) is 10.3. The molecule has 0 aliphatic rings. The second-order valence-electron chi connectivity index (χ2n) is 2.89. The van der Waals surface area contributed by atoms with Crippen LogP contribution in [-0.2, 0) is 7.05 Å². The third kappa shape index (κ3) is 1.12. The first-order valence-electron chi connectivity index (χ1n) is 3.85. The van der Waals surface area contributed by atoms with Crippen LogP contribution in [0.25, 0.3) is 10.9 Å². The second kappa shape index (κ2) is 2.76. The van der Waals surface area contributed by atoms with Crippen LogP contribution < -0.4 is 0 Å². The summed E-state index contributed by atoms with van der Waals surface area (Å²) >= 11 is 0. The molecule has 0 saturated heterocycles. The van der Waals surface area contributed by atoms with Gasteiger partial charge in [-0.15, -0.1) is 0 Å². The number of aromatic nitrogens is 2. The van der Waals surface area contributed by atoms with Crippen LogP contribution in [0.1, 0.15) is 0 Å². The molecule has 0 fully saturated rings. The summed E-state index contributed by atoms with van der Waals surface area (Å²) < 4.78 is 14.6. The summed E-state index contributed by atoms with van der Waals surface area (Å²) in [6.07, 6.45) is 1.46. The van der Waals surface area contributed by atoms with Gasteiger partial charge in [-0.3, -0.25) is 14.8 Å². The van der Waals surface area contributed by atoms with Gasteiger partial charge >= 0.3 is 5.69 Å². The van der Waals surface area contributed by atoms with Crippen LogP contribution in [-0.4, -0.2) is 14.7 Å². The number of rotatable bonds is 1. The van der Waals surface area contributed by atoms with Crippen molar-refractivity contribution in [3.05, 3.63) is 34.3 Å². The predicted molar refractivity (Wildman–Crippen MR) is 47.3 cm³/mol. The molecule has 2 rings (SSSR count). The highest BCUT2D eigenvalue weighted by Crippen LogP contribution is 2.23. The quantitative estimate of drug-likeness (QED) is 0.513. The zero-order valence-electron chi connectivity index (χ0n) is 7.27. The zero-order valence-corrected chi connectivity index (χ0v) is 7.27. The Labute approximate surface area is 77.9 Å². The maximum Gasteiger partial charge on any atom is 0.305 e. The molecular weight excluding hydrogens is 189 g/mol. The Bertz CT molecular complexity index is 521. The van der Waals surface area contributed by atoms with E-state index in [2.05, 4.69) is 5.10 Å². The Morgan fingerprint density at radius 1 is 1.57 bits per heavy atom. The van der Waals surface area contributed by atoms with Crippen molar-refractivity contribution in [1.29, 1.82) is 0 Å². The largest absolute Gasteiger partial charge is 0.305 e. The fourth-order valence-corrected chi connectivity index (χ4v) is 1.30. The number of benzene rings is 1. The molecule has 0 amide bonds. The molecule has 0 N–H and O–H groups in total. The molecule has 5 nitrogen and oxygen atoms in total. The predicted octanol–water partition coefficient (Wildman–Crippen LogP) is 1.62. The Morgan fingerprint density at radius 3 is 2.93 bits per heavy atom. The van der Waals surface area contributed by atoms with Crippen LogP contribution in [0.4, 0.5) is 10.1 Å². The number of halogens is 1. The van der Waals surface area contributed by atoms with E-state index in [-0.39, 0.29) is 0 Å². The van der Waals surface area contributed by atoms with Gasteiger partial charge in [0.05, 0.1) is 16.6 Å². The SMILES string of the molecule is Cn1ncc2cc([N+](=O)[O-])c(F)cc21. The minimum Gasteiger partial charge on any atom is -0.268 e. The Hall–Kier alpha value is -1.98. The fourth-order valence-electron chi connectivity index (χ4n) is 1.30. The van der Waals surface area contributed by atoms with Gasteiger partial charge in [-0.2, -0.15) is 9.49 Å². The lowest BCUT2D eigenvalue weighted by atomic mass is 10.2. The van der Waals surface area contributed by atoms with Crippen LogP contribution in [0, 0.1) is 15.9 Å². The van der Waals surface area contributed by atoms with E-state index in [1.807, 2.05) is 0 Å². The molecule has 1 aromatic heterocycles. The Morgan fingerprint density at radius 2 is 2.29 bits per heavy atom. The number of nitro benzene ring substituents is 1. The van der Waals surface area contributed by atoms with Crippen molar-refractivity contribution >= 4 is 16.6 Å². The van der Waals surface area contributed by atoms with Crippen molar-refractivity contribution in [2.75, 3.05) is 0 Å². The molecule has 0 aliphatic heterocycles. The topological polar surface area (TPSA) is 61.0 Å². The number of fused-ring (bicyclic) bond motifs is 1. The van der Waals surface area contributed by atoms with E-state index in [9.17, 15) is 14.5 Å². The fraction of sp³-hybridized carbons (Fsp3) is 0.125. The average Bonchev–Trinajstić information content (AvgIpc) is 2.46. The van der Waals surface area contributed by atoms with Gasteiger partial charge in [-0.25, -0.2) is 0 Å². The van der Waals surface area contributed by atoms with Crippen molar-refractivity contribution in [3.63, 3.8) is 0 Å². The Balaban J connectivity index is 2.79. The van der Waals surface area contributed by atoms with E-state index in [0.717, 1.165) is 6.07 Å². The van der Waals surface area contributed by atoms with E-state index in [0.29, 0.717) is 10.9 Å². The molecule has 0 aliphatic carbocycles. The first-order valence-corrected chi connectivity index (χ1v) is 3.85. The van der Waals surface area contributed by atoms with Crippen molar-refractivity contribution in [1.82, 2.24) is 9.78 Å². The summed E-state index contributed by atoms with van der Waals surface area (Å²) in [5.74, 6) is -0.842. The maximum atomic E-state index is 13.1. The first kappa shape index (κ1) is 8.61. The normalized spacial score (nSPS) is 10.7. The highest BCUT2D eigenvalue weighted by Gasteiger charge is 2.16. The molecule has 72 valence electrons. The summed E-state index contributed by atoms with van der Waals surface area (Å²) in [6, 6.07) is 2.29. The van der Waals surface area contributed by atoms with E-state index in [4.69, 9.17) is 0 Å². The number of aryl methyl sites for hydroxylation is 1. The van der Waals surface area contributed by atoms with E-state index in [1.54, 1.807) is 7.05 Å². The van der Waals surface area contributed by atoms with Crippen LogP contribution in [0.2, 0.25) is 0 Å². The molecule has 0 spiro atoms. The van der Waals surface area contributed by atoms with Crippen LogP contribution in [0.3, 0.4) is 0 Å². The molecule has 14 heavy (non-hydrogen) atoms. The summed E-state index contributed by atoms with van der Waals surface area (Å²) in [6.45, 7) is 0. The summed E-state index contributed by atoms with van der Waals surface area (Å²) in [5, 5.41) is 14.8. The summed E-state index contributed by atoms with van der Waals surface area (Å²) in [4.78, 5) is 9.66. The molecule has 0 radical (unpaired) electrons. The third-order valence-corrected chi connectivity index (χ3v) is 2.01. The van der Waals surface area contributed by atoms with Crippen molar-refractivity contribution in [2.24, 2.45) is 7.05 Å². The average molecular weight is 195 g/mol. The minimum atomic E-state index is -0.842. The van der Waals surface area contributed by atoms with Crippen LogP contribution in [0.15, 0.2) is 18.3 Å². The first-order chi connectivity index (χ1) is 6.59. The van der Waals surface area contributed by atoms with Crippen LogP contribution >= 0.6 is 0 Å². The van der Waals surface area contributed by atoms with Crippen molar-refractivity contribution < 1.29 is 9.31 Å². The summed E-state index contributed by atoms with van der Waals surface area (Å²) in [7, 11) is 1.65. The maximum absolute atomic E-state index is 13.1. The molecule has 0 saturated carbocycles. The monoisotopic (exact) mass is 195 g/mol. The van der Waals surface area contributed by atoms with Gasteiger partial charge in [-0.1, -0.05) is 0 Å². The van der Waals surface area contributed by atoms with Crippen molar-refractivity contribution in [2.45, 2.75) is 0 Å². The number of hydrogen-bond donors (Lipinski definition) is 0. The lowest BCUT2D eigenvalue weighted by molar-refractivity contribution is -0.387. The molecule has 1 aromatic carbocycles. The van der Waals surface area contributed by atoms with E-state index < -0.39 is 16.4 Å². The Kier molecular flexibility index (Phi) is 1.70. The van der Waals surface area contributed by atoms with E-state index in [1.165, 1.54) is 16.9 Å². The van der Waals surface area contributed by atoms with Gasteiger partial charge < -0.3 is 0 Å². The van der Waals surface area contributed by atoms with E-state index >= 15 is 0 Å². The van der Waals surface area contributed by atoms with Crippen LogP contribution in [0.5, 0.6) is 0 Å². The third-order valence-electron chi connectivity index (χ3n) is 2.01. The summed E-state index contributed by atoms with van der Waals surface area (Å²) in [5.41, 5.74) is 0.0126. The molecule has 0 unspecified atom stereocenters. The lowest BCUT2D eigenvalue weighted by Gasteiger charge is -1.95. The minimum absolute atomic E-state index is 0.523. The standard InChI is InChI=1S/C8H6FN3O2/c1-11-7-3-6(9)8(12(13)14)2-5(7)4-10-11/h2-4H,1H3. The molecular formula is C8H6FN3O2. The number of hydrogen-bond acceptors (Lipinski definition) is 3.